The van der Waals surface area contributed by atoms with Gasteiger partial charge in [-0.1, -0.05) is 18.2 Å². The van der Waals surface area contributed by atoms with E-state index in [0.717, 1.165) is 24.9 Å². The number of para-hydroxylation sites is 1. The number of hydrogen-bond donors (Lipinski definition) is 1. The number of fused-ring (bicyclic) bond motifs is 2. The van der Waals surface area contributed by atoms with Gasteiger partial charge in [-0.05, 0) is 24.5 Å². The molecule has 1 aromatic carbocycles. The summed E-state index contributed by atoms with van der Waals surface area (Å²) in [6.07, 6.45) is 3.82. The number of likely N-dealkylation sites (N-methyl/N-ethyl adjacent to an activating group) is 1. The molecule has 2 aliphatic rings. The number of aromatic nitrogens is 1. The van der Waals surface area contributed by atoms with Crippen LogP contribution in [0.4, 0.5) is 4.79 Å². The lowest BCUT2D eigenvalue weighted by Gasteiger charge is -2.45. The summed E-state index contributed by atoms with van der Waals surface area (Å²) < 4.78 is 5.17. The van der Waals surface area contributed by atoms with Crippen LogP contribution < -0.4 is 0 Å². The van der Waals surface area contributed by atoms with Crippen molar-refractivity contribution in [2.45, 2.75) is 25.3 Å². The number of H-pyrrole nitrogens is 1. The quantitative estimate of drug-likeness (QED) is 0.932. The second-order valence-corrected chi connectivity index (χ2v) is 7.00. The van der Waals surface area contributed by atoms with E-state index in [1.807, 2.05) is 29.3 Å². The first-order valence-corrected chi connectivity index (χ1v) is 8.86. The molecular weight excluding hydrogens is 318 g/mol. The molecule has 1 aromatic heterocycles. The number of aryl methyl sites for hydroxylation is 1. The van der Waals surface area contributed by atoms with E-state index in [4.69, 9.17) is 4.74 Å². The molecule has 6 heteroatoms. The summed E-state index contributed by atoms with van der Waals surface area (Å²) in [7, 11) is 1.76. The van der Waals surface area contributed by atoms with Crippen molar-refractivity contribution in [1.82, 2.24) is 14.8 Å². The van der Waals surface area contributed by atoms with Crippen LogP contribution in [0, 0.1) is 5.92 Å². The smallest absolute Gasteiger partial charge is 0.409 e. The molecule has 2 aromatic rings. The predicted octanol–water partition coefficient (Wildman–Crippen LogP) is 2.40. The number of aromatic amines is 1. The molecule has 0 unspecified atom stereocenters. The van der Waals surface area contributed by atoms with E-state index in [0.29, 0.717) is 25.5 Å². The molecule has 25 heavy (non-hydrogen) atoms. The van der Waals surface area contributed by atoms with Gasteiger partial charge in [-0.2, -0.15) is 0 Å². The number of hydrogen-bond acceptors (Lipinski definition) is 3. The van der Waals surface area contributed by atoms with Crippen LogP contribution in [0.25, 0.3) is 10.9 Å². The lowest BCUT2D eigenvalue weighted by molar-refractivity contribution is -0.135. The van der Waals surface area contributed by atoms with Gasteiger partial charge in [0.15, 0.2) is 0 Å². The molecule has 2 atom stereocenters. The highest BCUT2D eigenvalue weighted by Crippen LogP contribution is 2.27. The number of carbonyl (C=O) groups is 2. The molecule has 0 aliphatic carbocycles. The summed E-state index contributed by atoms with van der Waals surface area (Å²) in [4.78, 5) is 31.2. The number of rotatable bonds is 3. The van der Waals surface area contributed by atoms with E-state index in [9.17, 15) is 9.59 Å². The van der Waals surface area contributed by atoms with Gasteiger partial charge < -0.3 is 19.5 Å². The van der Waals surface area contributed by atoms with Crippen LogP contribution >= 0.6 is 0 Å². The summed E-state index contributed by atoms with van der Waals surface area (Å²) in [6.45, 7) is 1.84. The minimum atomic E-state index is -0.283. The molecule has 132 valence electrons. The van der Waals surface area contributed by atoms with Gasteiger partial charge in [0.1, 0.15) is 0 Å². The highest BCUT2D eigenvalue weighted by molar-refractivity contribution is 5.84. The van der Waals surface area contributed by atoms with Gasteiger partial charge in [-0.3, -0.25) is 4.79 Å². The van der Waals surface area contributed by atoms with Crippen molar-refractivity contribution in [2.24, 2.45) is 5.92 Å². The topological polar surface area (TPSA) is 65.6 Å². The Morgan fingerprint density at radius 3 is 3.08 bits per heavy atom. The van der Waals surface area contributed by atoms with Gasteiger partial charge in [0.25, 0.3) is 0 Å². The van der Waals surface area contributed by atoms with Crippen LogP contribution in [0.1, 0.15) is 18.4 Å². The first kappa shape index (κ1) is 16.0. The van der Waals surface area contributed by atoms with E-state index < -0.39 is 0 Å². The van der Waals surface area contributed by atoms with Crippen molar-refractivity contribution in [2.75, 3.05) is 26.7 Å². The monoisotopic (exact) mass is 341 g/mol. The average molecular weight is 341 g/mol. The van der Waals surface area contributed by atoms with Gasteiger partial charge in [0.05, 0.1) is 12.6 Å². The fourth-order valence-electron chi connectivity index (χ4n) is 3.99. The van der Waals surface area contributed by atoms with Crippen molar-refractivity contribution in [3.05, 3.63) is 36.0 Å². The van der Waals surface area contributed by atoms with Crippen molar-refractivity contribution >= 4 is 22.9 Å². The molecule has 2 saturated heterocycles. The maximum Gasteiger partial charge on any atom is 0.409 e. The summed E-state index contributed by atoms with van der Waals surface area (Å²) in [5.41, 5.74) is 2.28. The zero-order chi connectivity index (χ0) is 17.4. The van der Waals surface area contributed by atoms with Crippen molar-refractivity contribution in [3.8, 4) is 0 Å². The minimum absolute atomic E-state index is 0.0760. The summed E-state index contributed by atoms with van der Waals surface area (Å²) in [5.74, 6) is 0.497. The van der Waals surface area contributed by atoms with Crippen LogP contribution in [0.2, 0.25) is 0 Å². The van der Waals surface area contributed by atoms with Crippen molar-refractivity contribution < 1.29 is 14.3 Å². The molecule has 2 fully saturated rings. The predicted molar refractivity (Wildman–Crippen MR) is 94.2 cm³/mol. The number of piperidine rings is 1. The van der Waals surface area contributed by atoms with E-state index in [1.165, 1.54) is 10.9 Å². The summed E-state index contributed by atoms with van der Waals surface area (Å²) >= 11 is 0. The standard InChI is InChI=1S/C19H23N3O3/c1-21-17-11-22(9-8-14(17)12-25-19(21)24)18(23)7-6-13-10-20-16-5-3-2-4-15(13)16/h2-5,10,14,17,20H,6-9,11-12H2,1H3/t14-,17+/m0/s1. The first-order chi connectivity index (χ1) is 12.1. The van der Waals surface area contributed by atoms with Gasteiger partial charge in [0, 0.05) is 49.6 Å². The maximum atomic E-state index is 12.7. The van der Waals surface area contributed by atoms with Crippen molar-refractivity contribution in [3.63, 3.8) is 0 Å². The molecule has 0 bridgehead atoms. The fraction of sp³-hybridized carbons (Fsp3) is 0.474. The Kier molecular flexibility index (Phi) is 4.11. The van der Waals surface area contributed by atoms with E-state index in [2.05, 4.69) is 11.1 Å². The molecule has 2 amide bonds. The first-order valence-electron chi connectivity index (χ1n) is 8.86. The number of nitrogens with zero attached hydrogens (tertiary/aromatic N) is 2. The van der Waals surface area contributed by atoms with E-state index >= 15 is 0 Å². The Bertz CT molecular complexity index is 800. The van der Waals surface area contributed by atoms with E-state index in [-0.39, 0.29) is 18.0 Å². The third-order valence-electron chi connectivity index (χ3n) is 5.56. The number of ether oxygens (including phenoxy) is 1. The van der Waals surface area contributed by atoms with Crippen LogP contribution in [0.15, 0.2) is 30.5 Å². The van der Waals surface area contributed by atoms with Crippen LogP contribution in [0.5, 0.6) is 0 Å². The van der Waals surface area contributed by atoms with Gasteiger partial charge >= 0.3 is 6.09 Å². The highest BCUT2D eigenvalue weighted by atomic mass is 16.6. The second-order valence-electron chi connectivity index (χ2n) is 7.00. The number of carbonyl (C=O) groups excluding carboxylic acids is 2. The zero-order valence-corrected chi connectivity index (χ0v) is 14.4. The Labute approximate surface area is 146 Å². The van der Waals surface area contributed by atoms with Gasteiger partial charge in [0.2, 0.25) is 5.91 Å². The molecule has 6 nitrogen and oxygen atoms in total. The molecule has 4 rings (SSSR count). The molecular formula is C19H23N3O3. The number of nitrogens with one attached hydrogen (secondary N) is 1. The minimum Gasteiger partial charge on any atom is -0.449 e. The Balaban J connectivity index is 1.39. The third-order valence-corrected chi connectivity index (χ3v) is 5.56. The SMILES string of the molecule is CN1C(=O)OC[C@@H]2CCN(C(=O)CCc3c[nH]c4ccccc34)C[C@H]21. The zero-order valence-electron chi connectivity index (χ0n) is 14.4. The Morgan fingerprint density at radius 1 is 1.36 bits per heavy atom. The molecule has 0 spiro atoms. The third kappa shape index (κ3) is 2.97. The maximum absolute atomic E-state index is 12.7. The average Bonchev–Trinajstić information content (AvgIpc) is 3.06. The Hall–Kier alpha value is -2.50. The largest absolute Gasteiger partial charge is 0.449 e. The summed E-state index contributed by atoms with van der Waals surface area (Å²) in [6, 6.07) is 8.23. The van der Waals surface area contributed by atoms with E-state index in [1.54, 1.807) is 11.9 Å². The van der Waals surface area contributed by atoms with Crippen LogP contribution in [-0.2, 0) is 16.0 Å². The van der Waals surface area contributed by atoms with Crippen LogP contribution in [-0.4, -0.2) is 59.6 Å². The van der Waals surface area contributed by atoms with Gasteiger partial charge in [-0.15, -0.1) is 0 Å². The summed E-state index contributed by atoms with van der Waals surface area (Å²) in [5, 5.41) is 1.18. The number of benzene rings is 1. The Morgan fingerprint density at radius 2 is 2.20 bits per heavy atom. The number of likely N-dealkylation sites (tertiary alicyclic amines) is 1. The fourth-order valence-corrected chi connectivity index (χ4v) is 3.99. The molecule has 1 N–H and O–H groups in total. The second kappa shape index (κ2) is 6.43. The number of cyclic esters (lactones) is 1. The molecule has 2 aliphatic heterocycles. The number of amides is 2. The van der Waals surface area contributed by atoms with Crippen molar-refractivity contribution in [1.29, 1.82) is 0 Å². The molecule has 0 radical (unpaired) electrons. The normalized spacial score (nSPS) is 23.5. The van der Waals surface area contributed by atoms with Gasteiger partial charge in [-0.25, -0.2) is 4.79 Å². The lowest BCUT2D eigenvalue weighted by atomic mass is 9.90. The molecule has 0 saturated carbocycles. The lowest BCUT2D eigenvalue weighted by Crippen LogP contribution is -2.58. The highest BCUT2D eigenvalue weighted by Gasteiger charge is 2.39. The molecule has 3 heterocycles. The van der Waals surface area contributed by atoms with Crippen LogP contribution in [0.3, 0.4) is 0 Å².